The minimum absolute atomic E-state index is 0.0865. The minimum Gasteiger partial charge on any atom is -0.339 e. The SMILES string of the molecule is CCN(CC)C(=O)c1ccc2ccccc2c1/C=C/c1ccccc1. The maximum absolute atomic E-state index is 13.0. The first kappa shape index (κ1) is 17.0. The third-order valence-electron chi connectivity index (χ3n) is 4.49. The highest BCUT2D eigenvalue weighted by atomic mass is 16.2. The van der Waals surface area contributed by atoms with Crippen LogP contribution in [-0.4, -0.2) is 23.9 Å². The lowest BCUT2D eigenvalue weighted by Gasteiger charge is -2.20. The quantitative estimate of drug-likeness (QED) is 0.567. The Labute approximate surface area is 149 Å². The van der Waals surface area contributed by atoms with Gasteiger partial charge in [-0.05, 0) is 41.8 Å². The fourth-order valence-corrected chi connectivity index (χ4v) is 3.09. The summed E-state index contributed by atoms with van der Waals surface area (Å²) in [5, 5.41) is 2.25. The summed E-state index contributed by atoms with van der Waals surface area (Å²) in [6.45, 7) is 5.46. The first-order valence-corrected chi connectivity index (χ1v) is 8.78. The number of carbonyl (C=O) groups excluding carboxylic acids is 1. The van der Waals surface area contributed by atoms with Crippen LogP contribution in [-0.2, 0) is 0 Å². The van der Waals surface area contributed by atoms with E-state index in [1.54, 1.807) is 0 Å². The molecule has 3 rings (SSSR count). The van der Waals surface area contributed by atoms with E-state index in [0.29, 0.717) is 13.1 Å². The Bertz CT molecular complexity index is 892. The molecule has 0 aliphatic carbocycles. The second kappa shape index (κ2) is 7.80. The predicted molar refractivity (Wildman–Crippen MR) is 107 cm³/mol. The predicted octanol–water partition coefficient (Wildman–Crippen LogP) is 5.49. The number of hydrogen-bond donors (Lipinski definition) is 0. The van der Waals surface area contributed by atoms with Crippen LogP contribution in [0.4, 0.5) is 0 Å². The molecule has 0 atom stereocenters. The molecule has 0 fully saturated rings. The Hall–Kier alpha value is -2.87. The molecule has 0 heterocycles. The third-order valence-corrected chi connectivity index (χ3v) is 4.49. The third kappa shape index (κ3) is 3.63. The lowest BCUT2D eigenvalue weighted by Crippen LogP contribution is -2.31. The summed E-state index contributed by atoms with van der Waals surface area (Å²) in [7, 11) is 0. The van der Waals surface area contributed by atoms with E-state index >= 15 is 0 Å². The summed E-state index contributed by atoms with van der Waals surface area (Å²) in [5.41, 5.74) is 2.87. The molecule has 1 amide bonds. The van der Waals surface area contributed by atoms with Crippen LogP contribution >= 0.6 is 0 Å². The maximum atomic E-state index is 13.0. The standard InChI is InChI=1S/C23H23NO/c1-3-24(4-2)23(25)22-17-15-19-12-8-9-13-20(19)21(22)16-14-18-10-6-5-7-11-18/h5-17H,3-4H2,1-2H3/b16-14+. The molecular formula is C23H23NO. The van der Waals surface area contributed by atoms with Crippen molar-refractivity contribution >= 4 is 28.8 Å². The molecule has 0 saturated heterocycles. The largest absolute Gasteiger partial charge is 0.339 e. The number of benzene rings is 3. The van der Waals surface area contributed by atoms with Gasteiger partial charge in [0.1, 0.15) is 0 Å². The van der Waals surface area contributed by atoms with Crippen LogP contribution < -0.4 is 0 Å². The summed E-state index contributed by atoms with van der Waals surface area (Å²) < 4.78 is 0. The number of nitrogens with zero attached hydrogens (tertiary/aromatic N) is 1. The summed E-state index contributed by atoms with van der Waals surface area (Å²) in [4.78, 5) is 14.8. The van der Waals surface area contributed by atoms with Crippen molar-refractivity contribution in [2.75, 3.05) is 13.1 Å². The van der Waals surface area contributed by atoms with Crippen LogP contribution in [0, 0.1) is 0 Å². The highest BCUT2D eigenvalue weighted by molar-refractivity contribution is 6.06. The van der Waals surface area contributed by atoms with E-state index in [4.69, 9.17) is 0 Å². The molecule has 0 aromatic heterocycles. The number of fused-ring (bicyclic) bond motifs is 1. The van der Waals surface area contributed by atoms with Gasteiger partial charge >= 0.3 is 0 Å². The first-order chi connectivity index (χ1) is 12.2. The monoisotopic (exact) mass is 329 g/mol. The molecule has 25 heavy (non-hydrogen) atoms. The van der Waals surface area contributed by atoms with E-state index < -0.39 is 0 Å². The smallest absolute Gasteiger partial charge is 0.254 e. The molecular weight excluding hydrogens is 306 g/mol. The summed E-state index contributed by atoms with van der Waals surface area (Å²) in [5.74, 6) is 0.0865. The van der Waals surface area contributed by atoms with Crippen LogP contribution in [0.25, 0.3) is 22.9 Å². The van der Waals surface area contributed by atoms with Gasteiger partial charge in [-0.1, -0.05) is 72.8 Å². The van der Waals surface area contributed by atoms with Crippen molar-refractivity contribution < 1.29 is 4.79 Å². The van der Waals surface area contributed by atoms with E-state index in [0.717, 1.165) is 27.5 Å². The zero-order valence-electron chi connectivity index (χ0n) is 14.8. The zero-order chi connectivity index (χ0) is 17.6. The Morgan fingerprint density at radius 1 is 0.840 bits per heavy atom. The second-order valence-electron chi connectivity index (χ2n) is 5.97. The van der Waals surface area contributed by atoms with Gasteiger partial charge in [-0.3, -0.25) is 4.79 Å². The fourth-order valence-electron chi connectivity index (χ4n) is 3.09. The topological polar surface area (TPSA) is 20.3 Å². The van der Waals surface area contributed by atoms with Crippen LogP contribution in [0.15, 0.2) is 66.7 Å². The van der Waals surface area contributed by atoms with E-state index in [2.05, 4.69) is 36.4 Å². The van der Waals surface area contributed by atoms with Crippen LogP contribution in [0.5, 0.6) is 0 Å². The first-order valence-electron chi connectivity index (χ1n) is 8.78. The fraction of sp³-hybridized carbons (Fsp3) is 0.174. The van der Waals surface area contributed by atoms with Crippen molar-refractivity contribution in [2.24, 2.45) is 0 Å². The Morgan fingerprint density at radius 2 is 1.52 bits per heavy atom. The molecule has 0 aliphatic rings. The average molecular weight is 329 g/mol. The van der Waals surface area contributed by atoms with Crippen molar-refractivity contribution in [2.45, 2.75) is 13.8 Å². The van der Waals surface area contributed by atoms with Gasteiger partial charge in [0.25, 0.3) is 5.91 Å². The van der Waals surface area contributed by atoms with Gasteiger partial charge in [0.2, 0.25) is 0 Å². The van der Waals surface area contributed by atoms with Crippen molar-refractivity contribution in [1.29, 1.82) is 0 Å². The van der Waals surface area contributed by atoms with Gasteiger partial charge in [-0.25, -0.2) is 0 Å². The highest BCUT2D eigenvalue weighted by Gasteiger charge is 2.17. The number of amides is 1. The van der Waals surface area contributed by atoms with Crippen LogP contribution in [0.3, 0.4) is 0 Å². The zero-order valence-corrected chi connectivity index (χ0v) is 14.8. The van der Waals surface area contributed by atoms with Crippen molar-refractivity contribution in [3.8, 4) is 0 Å². The minimum atomic E-state index is 0.0865. The summed E-state index contributed by atoms with van der Waals surface area (Å²) in [6.07, 6.45) is 4.13. The van der Waals surface area contributed by atoms with Gasteiger partial charge in [-0.2, -0.15) is 0 Å². The van der Waals surface area contributed by atoms with Gasteiger partial charge in [-0.15, -0.1) is 0 Å². The molecule has 0 unspecified atom stereocenters. The number of rotatable bonds is 5. The molecule has 2 heteroatoms. The van der Waals surface area contributed by atoms with Crippen molar-refractivity contribution in [3.63, 3.8) is 0 Å². The molecule has 3 aromatic rings. The van der Waals surface area contributed by atoms with Crippen LogP contribution in [0.1, 0.15) is 35.3 Å². The number of carbonyl (C=O) groups is 1. The normalized spacial score (nSPS) is 11.1. The lowest BCUT2D eigenvalue weighted by atomic mass is 9.97. The summed E-state index contributed by atoms with van der Waals surface area (Å²) in [6, 6.07) is 22.4. The van der Waals surface area contributed by atoms with Gasteiger partial charge in [0, 0.05) is 18.7 Å². The Kier molecular flexibility index (Phi) is 5.30. The van der Waals surface area contributed by atoms with Gasteiger partial charge in [0.15, 0.2) is 0 Å². The Morgan fingerprint density at radius 3 is 2.24 bits per heavy atom. The molecule has 2 nitrogen and oxygen atoms in total. The van der Waals surface area contributed by atoms with E-state index in [-0.39, 0.29) is 5.91 Å². The molecule has 0 N–H and O–H groups in total. The lowest BCUT2D eigenvalue weighted by molar-refractivity contribution is 0.0773. The van der Waals surface area contributed by atoms with Crippen LogP contribution in [0.2, 0.25) is 0 Å². The molecule has 3 aromatic carbocycles. The molecule has 126 valence electrons. The molecule has 0 radical (unpaired) electrons. The Balaban J connectivity index is 2.13. The maximum Gasteiger partial charge on any atom is 0.254 e. The molecule has 0 saturated carbocycles. The van der Waals surface area contributed by atoms with E-state index in [9.17, 15) is 4.79 Å². The second-order valence-corrected chi connectivity index (χ2v) is 5.97. The highest BCUT2D eigenvalue weighted by Crippen LogP contribution is 2.26. The van der Waals surface area contributed by atoms with Crippen molar-refractivity contribution in [3.05, 3.63) is 83.4 Å². The van der Waals surface area contributed by atoms with E-state index in [1.807, 2.05) is 61.2 Å². The number of hydrogen-bond acceptors (Lipinski definition) is 1. The molecule has 0 bridgehead atoms. The van der Waals surface area contributed by atoms with Gasteiger partial charge in [0.05, 0.1) is 0 Å². The van der Waals surface area contributed by atoms with E-state index in [1.165, 1.54) is 0 Å². The average Bonchev–Trinajstić information content (AvgIpc) is 2.67. The van der Waals surface area contributed by atoms with Crippen molar-refractivity contribution in [1.82, 2.24) is 4.90 Å². The molecule has 0 spiro atoms. The molecule has 0 aliphatic heterocycles. The van der Waals surface area contributed by atoms with Gasteiger partial charge < -0.3 is 4.90 Å². The summed E-state index contributed by atoms with van der Waals surface area (Å²) >= 11 is 0.